The molecule has 0 saturated heterocycles. The number of carbonyl (C=O) groups is 4. The molecule has 1 heterocycles. The van der Waals surface area contributed by atoms with Gasteiger partial charge in [-0.25, -0.2) is 14.4 Å². The Morgan fingerprint density at radius 2 is 1.67 bits per heavy atom. The van der Waals surface area contributed by atoms with E-state index in [1.54, 1.807) is 27.7 Å². The van der Waals surface area contributed by atoms with Crippen molar-refractivity contribution < 1.29 is 33.4 Å². The van der Waals surface area contributed by atoms with Crippen LogP contribution in [0.25, 0.3) is 0 Å². The second-order valence-corrected chi connectivity index (χ2v) is 7.66. The molecule has 0 amide bonds. The number of nitrogens with one attached hydrogen (secondary N) is 2. The van der Waals surface area contributed by atoms with Crippen LogP contribution in [0.5, 0.6) is 0 Å². The molecule has 166 valence electrons. The average Bonchev–Trinajstić information content (AvgIpc) is 3.00. The number of ether oxygens (including phenoxy) is 3. The first-order valence-corrected chi connectivity index (χ1v) is 9.68. The molecule has 10 heteroatoms. The number of alkyl halides is 1. The minimum Gasteiger partial charge on any atom is -0.465 e. The lowest BCUT2D eigenvalue weighted by Gasteiger charge is -2.20. The summed E-state index contributed by atoms with van der Waals surface area (Å²) in [6.07, 6.45) is 1.59. The maximum atomic E-state index is 12.8. The van der Waals surface area contributed by atoms with Gasteiger partial charge in [-0.1, -0.05) is 0 Å². The fourth-order valence-electron chi connectivity index (χ4n) is 2.48. The highest BCUT2D eigenvalue weighted by molar-refractivity contribution is 6.18. The molecule has 0 saturated carbocycles. The van der Waals surface area contributed by atoms with Gasteiger partial charge in [0.15, 0.2) is 11.4 Å². The number of rotatable bonds is 9. The lowest BCUT2D eigenvalue weighted by Crippen LogP contribution is -2.24. The number of Topliss-reactive ketones (excluding diaryl/α,β-unsaturated/α-hetero) is 1. The maximum absolute atomic E-state index is 12.8. The van der Waals surface area contributed by atoms with Crippen LogP contribution in [-0.4, -0.2) is 54.4 Å². The van der Waals surface area contributed by atoms with Gasteiger partial charge in [0.25, 0.3) is 0 Å². The molecule has 30 heavy (non-hydrogen) atoms. The van der Waals surface area contributed by atoms with Crippen molar-refractivity contribution in [3.8, 4) is 0 Å². The van der Waals surface area contributed by atoms with Crippen molar-refractivity contribution in [2.75, 3.05) is 25.4 Å². The zero-order valence-corrected chi connectivity index (χ0v) is 18.7. The summed E-state index contributed by atoms with van der Waals surface area (Å²) < 4.78 is 14.6. The molecule has 1 aromatic heterocycles. The Balaban J connectivity index is 3.51. The number of esters is 3. The van der Waals surface area contributed by atoms with Gasteiger partial charge in [-0.05, 0) is 34.1 Å². The Morgan fingerprint density at radius 1 is 1.10 bits per heavy atom. The topological polar surface area (TPSA) is 124 Å². The lowest BCUT2D eigenvalue weighted by molar-refractivity contribution is -0.144. The number of ketones is 1. The largest absolute Gasteiger partial charge is 0.465 e. The average molecular weight is 443 g/mol. The van der Waals surface area contributed by atoms with Crippen LogP contribution in [0.1, 0.15) is 60.2 Å². The molecule has 0 aliphatic heterocycles. The molecule has 9 nitrogen and oxygen atoms in total. The van der Waals surface area contributed by atoms with E-state index in [9.17, 15) is 19.2 Å². The van der Waals surface area contributed by atoms with Crippen LogP contribution in [0.3, 0.4) is 0 Å². The number of carbonyl (C=O) groups excluding carboxylic acids is 4. The smallest absolute Gasteiger partial charge is 0.346 e. The molecule has 0 fully saturated rings. The Morgan fingerprint density at radius 3 is 2.13 bits per heavy atom. The van der Waals surface area contributed by atoms with Crippen LogP contribution in [0, 0.1) is 6.92 Å². The number of H-pyrrole nitrogens is 1. The van der Waals surface area contributed by atoms with E-state index >= 15 is 0 Å². The van der Waals surface area contributed by atoms with E-state index < -0.39 is 29.1 Å². The molecular formula is C20H27ClN2O7. The van der Waals surface area contributed by atoms with E-state index in [-0.39, 0.29) is 29.1 Å². The Kier molecular flexibility index (Phi) is 9.10. The van der Waals surface area contributed by atoms with Gasteiger partial charge < -0.3 is 24.5 Å². The Labute approximate surface area is 180 Å². The fourth-order valence-corrected chi connectivity index (χ4v) is 2.61. The third-order valence-electron chi connectivity index (χ3n) is 3.78. The summed E-state index contributed by atoms with van der Waals surface area (Å²) in [6, 6.07) is 0. The molecule has 0 aromatic carbocycles. The summed E-state index contributed by atoms with van der Waals surface area (Å²) in [6.45, 7) is 6.73. The van der Waals surface area contributed by atoms with Crippen molar-refractivity contribution in [1.82, 2.24) is 4.98 Å². The normalized spacial score (nSPS) is 10.8. The van der Waals surface area contributed by atoms with Crippen molar-refractivity contribution in [2.45, 2.75) is 46.1 Å². The molecule has 1 aromatic rings. The van der Waals surface area contributed by atoms with E-state index in [1.165, 1.54) is 0 Å². The lowest BCUT2D eigenvalue weighted by atomic mass is 10.1. The van der Waals surface area contributed by atoms with E-state index in [4.69, 9.17) is 16.3 Å². The van der Waals surface area contributed by atoms with Crippen LogP contribution in [-0.2, 0) is 23.8 Å². The summed E-state index contributed by atoms with van der Waals surface area (Å²) in [4.78, 5) is 52.1. The number of methoxy groups -OCH3 is 2. The molecule has 0 unspecified atom stereocenters. The molecule has 0 bridgehead atoms. The van der Waals surface area contributed by atoms with Gasteiger partial charge in [-0.2, -0.15) is 0 Å². The minimum atomic E-state index is -0.949. The number of anilines is 1. The van der Waals surface area contributed by atoms with E-state index in [1.807, 2.05) is 0 Å². The SMILES string of the molecule is COC(=O)C(=CNc1c(C(=O)CCCCl)[nH]c(C)c1C(=O)OC(C)(C)C)C(=O)OC. The molecule has 0 atom stereocenters. The molecule has 0 radical (unpaired) electrons. The van der Waals surface area contributed by atoms with Crippen LogP contribution in [0.2, 0.25) is 0 Å². The number of halogens is 1. The molecule has 2 N–H and O–H groups in total. The monoisotopic (exact) mass is 442 g/mol. The summed E-state index contributed by atoms with van der Waals surface area (Å²) in [5, 5.41) is 2.71. The third-order valence-corrected chi connectivity index (χ3v) is 4.05. The molecule has 1 rings (SSSR count). The highest BCUT2D eigenvalue weighted by atomic mass is 35.5. The van der Waals surface area contributed by atoms with Crippen molar-refractivity contribution in [3.63, 3.8) is 0 Å². The number of aromatic amines is 1. The van der Waals surface area contributed by atoms with Gasteiger partial charge in [-0.3, -0.25) is 4.79 Å². The third kappa shape index (κ3) is 6.62. The zero-order chi connectivity index (χ0) is 23.1. The van der Waals surface area contributed by atoms with Crippen molar-refractivity contribution in [2.24, 2.45) is 0 Å². The van der Waals surface area contributed by atoms with Crippen LogP contribution < -0.4 is 5.32 Å². The van der Waals surface area contributed by atoms with Gasteiger partial charge in [0.05, 0.1) is 19.9 Å². The maximum Gasteiger partial charge on any atom is 0.346 e. The van der Waals surface area contributed by atoms with Gasteiger partial charge in [0, 0.05) is 24.2 Å². The Hall–Kier alpha value is -2.81. The minimum absolute atomic E-state index is 0.0736. The number of aromatic nitrogens is 1. The molecule has 0 aliphatic rings. The second kappa shape index (κ2) is 10.8. The van der Waals surface area contributed by atoms with E-state index in [0.29, 0.717) is 18.0 Å². The van der Waals surface area contributed by atoms with E-state index in [0.717, 1.165) is 20.4 Å². The quantitative estimate of drug-likeness (QED) is 0.114. The first-order valence-electron chi connectivity index (χ1n) is 9.15. The van der Waals surface area contributed by atoms with Crippen LogP contribution >= 0.6 is 11.6 Å². The highest BCUT2D eigenvalue weighted by Crippen LogP contribution is 2.29. The van der Waals surface area contributed by atoms with Crippen molar-refractivity contribution in [1.29, 1.82) is 0 Å². The summed E-state index contributed by atoms with van der Waals surface area (Å²) >= 11 is 5.67. The van der Waals surface area contributed by atoms with Crippen LogP contribution in [0.4, 0.5) is 5.69 Å². The zero-order valence-electron chi connectivity index (χ0n) is 17.9. The second-order valence-electron chi connectivity index (χ2n) is 7.28. The number of hydrogen-bond acceptors (Lipinski definition) is 8. The molecule has 0 aliphatic carbocycles. The summed E-state index contributed by atoms with van der Waals surface area (Å²) in [5.41, 5.74) is -0.597. The number of hydrogen-bond donors (Lipinski definition) is 2. The molecular weight excluding hydrogens is 416 g/mol. The van der Waals surface area contributed by atoms with E-state index in [2.05, 4.69) is 19.8 Å². The fraction of sp³-hybridized carbons (Fsp3) is 0.500. The first-order chi connectivity index (χ1) is 14.0. The Bertz CT molecular complexity index is 832. The van der Waals surface area contributed by atoms with Gasteiger partial charge >= 0.3 is 17.9 Å². The first kappa shape index (κ1) is 25.2. The van der Waals surface area contributed by atoms with Crippen molar-refractivity contribution >= 4 is 41.0 Å². The van der Waals surface area contributed by atoms with Gasteiger partial charge in [0.2, 0.25) is 0 Å². The highest BCUT2D eigenvalue weighted by Gasteiger charge is 2.29. The predicted molar refractivity (Wildman–Crippen MR) is 111 cm³/mol. The predicted octanol–water partition coefficient (Wildman–Crippen LogP) is 3.12. The van der Waals surface area contributed by atoms with Crippen molar-refractivity contribution in [3.05, 3.63) is 28.7 Å². The van der Waals surface area contributed by atoms with Gasteiger partial charge in [-0.15, -0.1) is 11.6 Å². The standard InChI is InChI=1S/C20H27ClN2O7/c1-11-14(19(27)30-20(2,3)4)16(15(23-11)13(24)8-7-9-21)22-10-12(17(25)28-5)18(26)29-6/h10,22-23H,7-9H2,1-6H3. The van der Waals surface area contributed by atoms with Gasteiger partial charge in [0.1, 0.15) is 16.9 Å². The number of aryl methyl sites for hydroxylation is 1. The summed E-state index contributed by atoms with van der Waals surface area (Å²) in [5.74, 6) is -2.59. The molecule has 0 spiro atoms. The van der Waals surface area contributed by atoms with Crippen LogP contribution in [0.15, 0.2) is 11.8 Å². The summed E-state index contributed by atoms with van der Waals surface area (Å²) in [7, 11) is 2.21.